The Morgan fingerprint density at radius 1 is 1.07 bits per heavy atom. The lowest BCUT2D eigenvalue weighted by atomic mass is 10.1. The Bertz CT molecular complexity index is 845. The van der Waals surface area contributed by atoms with E-state index in [9.17, 15) is 19.7 Å². The quantitative estimate of drug-likeness (QED) is 0.575. The van der Waals surface area contributed by atoms with Crippen LogP contribution in [-0.4, -0.2) is 33.0 Å². The number of amides is 2. The third kappa shape index (κ3) is 4.81. The number of carbonyl (C=O) groups excluding carboxylic acids is 1. The van der Waals surface area contributed by atoms with Gasteiger partial charge < -0.3 is 15.3 Å². The second-order valence-corrected chi connectivity index (χ2v) is 6.44. The molecule has 0 spiro atoms. The van der Waals surface area contributed by atoms with Gasteiger partial charge in [-0.2, -0.15) is 0 Å². The van der Waals surface area contributed by atoms with Crippen LogP contribution in [0.4, 0.5) is 10.5 Å². The van der Waals surface area contributed by atoms with Crippen LogP contribution in [0.1, 0.15) is 34.3 Å². The van der Waals surface area contributed by atoms with Crippen LogP contribution in [-0.2, 0) is 13.1 Å². The molecule has 0 radical (unpaired) electrons. The molecule has 0 atom stereocenters. The van der Waals surface area contributed by atoms with Crippen molar-refractivity contribution in [2.45, 2.75) is 32.0 Å². The van der Waals surface area contributed by atoms with Crippen molar-refractivity contribution in [2.24, 2.45) is 0 Å². The molecule has 3 rings (SSSR count). The first-order chi connectivity index (χ1) is 12.9. The Labute approximate surface area is 155 Å². The zero-order valence-corrected chi connectivity index (χ0v) is 14.5. The van der Waals surface area contributed by atoms with Crippen molar-refractivity contribution in [1.82, 2.24) is 10.2 Å². The maximum absolute atomic E-state index is 12.6. The smallest absolute Gasteiger partial charge is 0.335 e. The lowest BCUT2D eigenvalue weighted by Crippen LogP contribution is -2.40. The van der Waals surface area contributed by atoms with E-state index in [4.69, 9.17) is 5.11 Å². The van der Waals surface area contributed by atoms with E-state index in [0.29, 0.717) is 13.1 Å². The van der Waals surface area contributed by atoms with E-state index in [1.165, 1.54) is 24.3 Å². The van der Waals surface area contributed by atoms with Crippen LogP contribution in [0.25, 0.3) is 0 Å². The largest absolute Gasteiger partial charge is 0.478 e. The van der Waals surface area contributed by atoms with Gasteiger partial charge in [0.2, 0.25) is 0 Å². The van der Waals surface area contributed by atoms with Gasteiger partial charge in [-0.25, -0.2) is 9.59 Å². The average Bonchev–Trinajstić information content (AvgIpc) is 3.50. The number of carboxylic acids is 1. The van der Waals surface area contributed by atoms with Gasteiger partial charge in [0.1, 0.15) is 0 Å². The van der Waals surface area contributed by atoms with E-state index in [1.54, 1.807) is 29.2 Å². The molecule has 2 amide bonds. The zero-order valence-electron chi connectivity index (χ0n) is 14.5. The molecule has 140 valence electrons. The van der Waals surface area contributed by atoms with Gasteiger partial charge in [-0.3, -0.25) is 10.1 Å². The Morgan fingerprint density at radius 2 is 1.67 bits per heavy atom. The normalized spacial score (nSPS) is 13.0. The van der Waals surface area contributed by atoms with Gasteiger partial charge >= 0.3 is 12.0 Å². The van der Waals surface area contributed by atoms with Crippen LogP contribution >= 0.6 is 0 Å². The number of aromatic carboxylic acids is 1. The number of non-ortho nitro benzene ring substituents is 1. The summed E-state index contributed by atoms with van der Waals surface area (Å²) in [5, 5.41) is 22.5. The van der Waals surface area contributed by atoms with E-state index < -0.39 is 10.9 Å². The number of hydrogen-bond donors (Lipinski definition) is 2. The van der Waals surface area contributed by atoms with E-state index >= 15 is 0 Å². The average molecular weight is 369 g/mol. The number of nitro groups is 1. The van der Waals surface area contributed by atoms with Crippen molar-refractivity contribution in [2.75, 3.05) is 0 Å². The van der Waals surface area contributed by atoms with Crippen molar-refractivity contribution in [1.29, 1.82) is 0 Å². The van der Waals surface area contributed by atoms with Crippen molar-refractivity contribution in [3.8, 4) is 0 Å². The van der Waals surface area contributed by atoms with Gasteiger partial charge in [0, 0.05) is 31.3 Å². The molecule has 2 aromatic rings. The van der Waals surface area contributed by atoms with Gasteiger partial charge in [-0.1, -0.05) is 24.3 Å². The van der Waals surface area contributed by atoms with Crippen molar-refractivity contribution in [3.05, 3.63) is 75.3 Å². The number of benzene rings is 2. The predicted molar refractivity (Wildman–Crippen MR) is 97.3 cm³/mol. The number of hydrogen-bond acceptors (Lipinski definition) is 4. The molecule has 2 N–H and O–H groups in total. The summed E-state index contributed by atoms with van der Waals surface area (Å²) in [5.74, 6) is -0.992. The fourth-order valence-electron chi connectivity index (χ4n) is 2.72. The van der Waals surface area contributed by atoms with Crippen LogP contribution in [0, 0.1) is 10.1 Å². The maximum Gasteiger partial charge on any atom is 0.335 e. The number of carbonyl (C=O) groups is 2. The third-order valence-corrected chi connectivity index (χ3v) is 4.39. The van der Waals surface area contributed by atoms with E-state index in [2.05, 4.69) is 5.32 Å². The molecule has 1 aliphatic carbocycles. The first-order valence-electron chi connectivity index (χ1n) is 8.54. The number of nitrogens with zero attached hydrogens (tertiary/aromatic N) is 2. The fourth-order valence-corrected chi connectivity index (χ4v) is 2.72. The minimum Gasteiger partial charge on any atom is -0.478 e. The number of rotatable bonds is 7. The molecule has 0 heterocycles. The number of carboxylic acid groups (broad SMARTS) is 1. The predicted octanol–water partition coefficient (Wildman–Crippen LogP) is 3.17. The Hall–Kier alpha value is -3.42. The van der Waals surface area contributed by atoms with Crippen molar-refractivity contribution in [3.63, 3.8) is 0 Å². The van der Waals surface area contributed by atoms with Gasteiger partial charge in [-0.05, 0) is 36.1 Å². The van der Waals surface area contributed by atoms with E-state index in [0.717, 1.165) is 24.0 Å². The highest BCUT2D eigenvalue weighted by Gasteiger charge is 2.32. The van der Waals surface area contributed by atoms with E-state index in [-0.39, 0.29) is 23.3 Å². The molecule has 0 bridgehead atoms. The summed E-state index contributed by atoms with van der Waals surface area (Å²) in [4.78, 5) is 35.4. The molecule has 8 nitrogen and oxygen atoms in total. The molecule has 1 aliphatic rings. The van der Waals surface area contributed by atoms with Crippen LogP contribution < -0.4 is 5.32 Å². The molecule has 0 aromatic heterocycles. The number of nitro benzene ring substituents is 1. The molecule has 1 fully saturated rings. The molecular formula is C19H19N3O5. The summed E-state index contributed by atoms with van der Waals surface area (Å²) in [6.45, 7) is 0.675. The van der Waals surface area contributed by atoms with Crippen LogP contribution in [0.15, 0.2) is 48.5 Å². The zero-order chi connectivity index (χ0) is 19.4. The molecule has 0 saturated heterocycles. The van der Waals surface area contributed by atoms with Crippen LogP contribution in [0.5, 0.6) is 0 Å². The molecule has 27 heavy (non-hydrogen) atoms. The van der Waals surface area contributed by atoms with Crippen LogP contribution in [0.3, 0.4) is 0 Å². The summed E-state index contributed by atoms with van der Waals surface area (Å²) in [6.07, 6.45) is 1.88. The molecule has 1 saturated carbocycles. The van der Waals surface area contributed by atoms with Crippen molar-refractivity contribution < 1.29 is 19.6 Å². The summed E-state index contributed by atoms with van der Waals surface area (Å²) in [5.41, 5.74) is 1.85. The standard InChI is InChI=1S/C19H19N3O5/c23-18(24)15-5-1-13(2-6-15)11-20-19(25)21(16-9-10-16)12-14-3-7-17(8-4-14)22(26)27/h1-8,16H,9-12H2,(H,20,25)(H,23,24). The monoisotopic (exact) mass is 369 g/mol. The molecular weight excluding hydrogens is 350 g/mol. The lowest BCUT2D eigenvalue weighted by molar-refractivity contribution is -0.384. The Kier molecular flexibility index (Phi) is 5.35. The highest BCUT2D eigenvalue weighted by molar-refractivity contribution is 5.87. The molecule has 0 aliphatic heterocycles. The highest BCUT2D eigenvalue weighted by Crippen LogP contribution is 2.28. The molecule has 0 unspecified atom stereocenters. The summed E-state index contributed by atoms with van der Waals surface area (Å²) < 4.78 is 0. The van der Waals surface area contributed by atoms with Crippen molar-refractivity contribution >= 4 is 17.7 Å². The minimum absolute atomic E-state index is 0.0194. The van der Waals surface area contributed by atoms with Gasteiger partial charge in [0.05, 0.1) is 10.5 Å². The fraction of sp³-hybridized carbons (Fsp3) is 0.263. The summed E-state index contributed by atoms with van der Waals surface area (Å²) >= 11 is 0. The second-order valence-electron chi connectivity index (χ2n) is 6.44. The second kappa shape index (κ2) is 7.86. The first kappa shape index (κ1) is 18.4. The summed E-state index contributed by atoms with van der Waals surface area (Å²) in [6, 6.07) is 12.5. The van der Waals surface area contributed by atoms with Gasteiger partial charge in [0.15, 0.2) is 0 Å². The van der Waals surface area contributed by atoms with Gasteiger partial charge in [-0.15, -0.1) is 0 Å². The lowest BCUT2D eigenvalue weighted by Gasteiger charge is -2.23. The third-order valence-electron chi connectivity index (χ3n) is 4.39. The molecule has 8 heteroatoms. The topological polar surface area (TPSA) is 113 Å². The van der Waals surface area contributed by atoms with Crippen LogP contribution in [0.2, 0.25) is 0 Å². The maximum atomic E-state index is 12.6. The molecule has 2 aromatic carbocycles. The Morgan fingerprint density at radius 3 is 2.19 bits per heavy atom. The number of nitrogens with one attached hydrogen (secondary N) is 1. The van der Waals surface area contributed by atoms with E-state index in [1.807, 2.05) is 0 Å². The van der Waals surface area contributed by atoms with Gasteiger partial charge in [0.25, 0.3) is 5.69 Å². The first-order valence-corrected chi connectivity index (χ1v) is 8.54. The number of urea groups is 1. The Balaban J connectivity index is 1.60. The summed E-state index contributed by atoms with van der Waals surface area (Å²) in [7, 11) is 0. The SMILES string of the molecule is O=C(O)c1ccc(CNC(=O)N(Cc2ccc([N+](=O)[O-])cc2)C2CC2)cc1. The minimum atomic E-state index is -0.992. The highest BCUT2D eigenvalue weighted by atomic mass is 16.6.